The highest BCUT2D eigenvalue weighted by Crippen LogP contribution is 2.11. The maximum Gasteiger partial charge on any atom is 0.241 e. The minimum atomic E-state index is -0.0708. The number of hydrogen-bond donors (Lipinski definition) is 2. The van der Waals surface area contributed by atoms with Crippen molar-refractivity contribution >= 4 is 11.6 Å². The van der Waals surface area contributed by atoms with Crippen LogP contribution in [0.15, 0.2) is 36.9 Å². The van der Waals surface area contributed by atoms with Gasteiger partial charge in [0.1, 0.15) is 0 Å². The molecule has 0 spiro atoms. The zero-order valence-corrected chi connectivity index (χ0v) is 11.1. The molecule has 1 fully saturated rings. The van der Waals surface area contributed by atoms with Crippen molar-refractivity contribution in [2.45, 2.75) is 25.4 Å². The van der Waals surface area contributed by atoms with Gasteiger partial charge in [0.15, 0.2) is 0 Å². The summed E-state index contributed by atoms with van der Waals surface area (Å²) < 4.78 is 1.80. The van der Waals surface area contributed by atoms with Crippen molar-refractivity contribution in [2.75, 3.05) is 11.9 Å². The van der Waals surface area contributed by atoms with E-state index in [2.05, 4.69) is 20.7 Å². The molecule has 104 valence electrons. The van der Waals surface area contributed by atoms with Crippen LogP contribution in [-0.4, -0.2) is 33.3 Å². The molecule has 2 N–H and O–H groups in total. The van der Waals surface area contributed by atoms with Crippen molar-refractivity contribution in [3.8, 4) is 0 Å². The predicted octanol–water partition coefficient (Wildman–Crippen LogP) is 1.02. The first-order valence-electron chi connectivity index (χ1n) is 6.77. The summed E-state index contributed by atoms with van der Waals surface area (Å²) in [6, 6.07) is 3.82. The van der Waals surface area contributed by atoms with Gasteiger partial charge in [-0.25, -0.2) is 0 Å². The molecule has 2 aromatic rings. The second-order valence-electron chi connectivity index (χ2n) is 4.92. The van der Waals surface area contributed by atoms with Crippen LogP contribution in [0.3, 0.4) is 0 Å². The lowest BCUT2D eigenvalue weighted by molar-refractivity contribution is -0.117. The number of amides is 1. The first-order chi connectivity index (χ1) is 9.81. The van der Waals surface area contributed by atoms with Crippen LogP contribution in [-0.2, 0) is 11.3 Å². The van der Waals surface area contributed by atoms with Gasteiger partial charge in [0.2, 0.25) is 5.91 Å². The van der Waals surface area contributed by atoms with E-state index in [-0.39, 0.29) is 11.9 Å². The number of nitrogens with zero attached hydrogens (tertiary/aromatic N) is 3. The lowest BCUT2D eigenvalue weighted by atomic mass is 10.2. The molecule has 1 amide bonds. The smallest absolute Gasteiger partial charge is 0.241 e. The van der Waals surface area contributed by atoms with Crippen molar-refractivity contribution in [2.24, 2.45) is 0 Å². The van der Waals surface area contributed by atoms with Crippen molar-refractivity contribution in [1.29, 1.82) is 0 Å². The van der Waals surface area contributed by atoms with Gasteiger partial charge in [-0.05, 0) is 37.1 Å². The van der Waals surface area contributed by atoms with E-state index in [1.807, 2.05) is 18.3 Å². The number of anilines is 1. The van der Waals surface area contributed by atoms with E-state index < -0.39 is 0 Å². The number of pyridine rings is 1. The number of nitrogens with one attached hydrogen (secondary N) is 2. The molecule has 0 aliphatic carbocycles. The van der Waals surface area contributed by atoms with Gasteiger partial charge in [-0.2, -0.15) is 5.10 Å². The summed E-state index contributed by atoms with van der Waals surface area (Å²) in [5.74, 6) is 0.0194. The SMILES string of the molecule is O=C(Nc1cnn(Cc2ccncc2)c1)C1CCCN1. The Hall–Kier alpha value is -2.21. The summed E-state index contributed by atoms with van der Waals surface area (Å²) >= 11 is 0. The summed E-state index contributed by atoms with van der Waals surface area (Å²) in [5.41, 5.74) is 1.86. The molecule has 6 heteroatoms. The number of carbonyl (C=O) groups is 1. The highest BCUT2D eigenvalue weighted by atomic mass is 16.2. The number of carbonyl (C=O) groups excluding carboxylic acids is 1. The number of hydrogen-bond acceptors (Lipinski definition) is 4. The second kappa shape index (κ2) is 5.83. The molecular formula is C14H17N5O. The van der Waals surface area contributed by atoms with Gasteiger partial charge in [0.05, 0.1) is 24.5 Å². The molecule has 0 aromatic carbocycles. The molecule has 1 aliphatic heterocycles. The van der Waals surface area contributed by atoms with E-state index in [4.69, 9.17) is 0 Å². The standard InChI is InChI=1S/C14H17N5O/c20-14(13-2-1-5-16-13)18-12-8-17-19(10-12)9-11-3-6-15-7-4-11/h3-4,6-8,10,13,16H,1-2,5,9H2,(H,18,20). The summed E-state index contributed by atoms with van der Waals surface area (Å²) in [5, 5.41) is 10.3. The van der Waals surface area contributed by atoms with Crippen LogP contribution in [0.25, 0.3) is 0 Å². The Balaban J connectivity index is 1.60. The Kier molecular flexibility index (Phi) is 3.73. The molecule has 20 heavy (non-hydrogen) atoms. The largest absolute Gasteiger partial charge is 0.322 e. The Labute approximate surface area is 117 Å². The fourth-order valence-corrected chi connectivity index (χ4v) is 2.33. The molecule has 1 atom stereocenters. The van der Waals surface area contributed by atoms with E-state index in [0.29, 0.717) is 6.54 Å². The van der Waals surface area contributed by atoms with Crippen LogP contribution in [0.4, 0.5) is 5.69 Å². The maximum atomic E-state index is 12.0. The van der Waals surface area contributed by atoms with Gasteiger partial charge < -0.3 is 10.6 Å². The van der Waals surface area contributed by atoms with Crippen LogP contribution >= 0.6 is 0 Å². The minimum absolute atomic E-state index is 0.0194. The average molecular weight is 271 g/mol. The van der Waals surface area contributed by atoms with Gasteiger partial charge in [-0.1, -0.05) is 0 Å². The summed E-state index contributed by atoms with van der Waals surface area (Å²) in [6.45, 7) is 1.58. The predicted molar refractivity (Wildman–Crippen MR) is 75.2 cm³/mol. The fraction of sp³-hybridized carbons (Fsp3) is 0.357. The summed E-state index contributed by atoms with van der Waals surface area (Å²) in [6.07, 6.45) is 8.98. The monoisotopic (exact) mass is 271 g/mol. The highest BCUT2D eigenvalue weighted by molar-refractivity contribution is 5.94. The molecular weight excluding hydrogens is 254 g/mol. The quantitative estimate of drug-likeness (QED) is 0.871. The van der Waals surface area contributed by atoms with E-state index in [0.717, 1.165) is 30.6 Å². The van der Waals surface area contributed by atoms with E-state index in [1.165, 1.54) is 0 Å². The highest BCUT2D eigenvalue weighted by Gasteiger charge is 2.22. The minimum Gasteiger partial charge on any atom is -0.322 e. The van der Waals surface area contributed by atoms with Crippen LogP contribution in [0.1, 0.15) is 18.4 Å². The van der Waals surface area contributed by atoms with Crippen LogP contribution < -0.4 is 10.6 Å². The van der Waals surface area contributed by atoms with E-state index >= 15 is 0 Å². The van der Waals surface area contributed by atoms with Crippen molar-refractivity contribution in [1.82, 2.24) is 20.1 Å². The Morgan fingerprint density at radius 2 is 2.30 bits per heavy atom. The van der Waals surface area contributed by atoms with Gasteiger partial charge in [0, 0.05) is 18.6 Å². The summed E-state index contributed by atoms with van der Waals surface area (Å²) in [4.78, 5) is 15.9. The number of aromatic nitrogens is 3. The van der Waals surface area contributed by atoms with Crippen molar-refractivity contribution < 1.29 is 4.79 Å². The molecule has 1 aliphatic rings. The normalized spacial score (nSPS) is 18.1. The van der Waals surface area contributed by atoms with Gasteiger partial charge >= 0.3 is 0 Å². The maximum absolute atomic E-state index is 12.0. The van der Waals surface area contributed by atoms with Crippen LogP contribution in [0, 0.1) is 0 Å². The molecule has 0 saturated carbocycles. The van der Waals surface area contributed by atoms with Crippen molar-refractivity contribution in [3.05, 3.63) is 42.5 Å². The molecule has 1 saturated heterocycles. The Morgan fingerprint density at radius 1 is 1.45 bits per heavy atom. The third-order valence-electron chi connectivity index (χ3n) is 3.37. The van der Waals surface area contributed by atoms with E-state index in [9.17, 15) is 4.79 Å². The van der Waals surface area contributed by atoms with Crippen LogP contribution in [0.5, 0.6) is 0 Å². The topological polar surface area (TPSA) is 71.8 Å². The molecule has 1 unspecified atom stereocenters. The summed E-state index contributed by atoms with van der Waals surface area (Å²) in [7, 11) is 0. The average Bonchev–Trinajstić information content (AvgIpc) is 3.11. The first kappa shape index (κ1) is 12.8. The Morgan fingerprint density at radius 3 is 3.05 bits per heavy atom. The zero-order chi connectivity index (χ0) is 13.8. The fourth-order valence-electron chi connectivity index (χ4n) is 2.33. The third-order valence-corrected chi connectivity index (χ3v) is 3.37. The van der Waals surface area contributed by atoms with Gasteiger partial charge in [0.25, 0.3) is 0 Å². The first-order valence-corrected chi connectivity index (χ1v) is 6.77. The molecule has 3 heterocycles. The van der Waals surface area contributed by atoms with E-state index in [1.54, 1.807) is 23.3 Å². The zero-order valence-electron chi connectivity index (χ0n) is 11.1. The van der Waals surface area contributed by atoms with Crippen LogP contribution in [0.2, 0.25) is 0 Å². The lowest BCUT2D eigenvalue weighted by Crippen LogP contribution is -2.35. The van der Waals surface area contributed by atoms with Gasteiger partial charge in [-0.15, -0.1) is 0 Å². The van der Waals surface area contributed by atoms with Crippen molar-refractivity contribution in [3.63, 3.8) is 0 Å². The molecule has 0 bridgehead atoms. The molecule has 0 radical (unpaired) electrons. The number of rotatable bonds is 4. The molecule has 2 aromatic heterocycles. The lowest BCUT2D eigenvalue weighted by Gasteiger charge is -2.09. The molecule has 3 rings (SSSR count). The van der Waals surface area contributed by atoms with Gasteiger partial charge in [-0.3, -0.25) is 14.5 Å². The Bertz CT molecular complexity index is 574. The second-order valence-corrected chi connectivity index (χ2v) is 4.92. The molecule has 6 nitrogen and oxygen atoms in total. The third kappa shape index (κ3) is 3.03.